The van der Waals surface area contributed by atoms with Crippen molar-refractivity contribution in [3.8, 4) is 0 Å². The SMILES string of the molecule is O=C(Nc1nc(CC(=O)N(Cc2ccccc2)C2CC2)cs1)c1ccco1. The molecule has 4 rings (SSSR count). The van der Waals surface area contributed by atoms with E-state index in [1.54, 1.807) is 12.1 Å². The number of hydrogen-bond acceptors (Lipinski definition) is 5. The molecule has 1 saturated carbocycles. The standard InChI is InChI=1S/C20H19N3O3S/c24-18(23(16-8-9-16)12-14-5-2-1-3-6-14)11-15-13-27-20(21-15)22-19(25)17-7-4-10-26-17/h1-7,10,13,16H,8-9,11-12H2,(H,21,22,25). The lowest BCUT2D eigenvalue weighted by Gasteiger charge is -2.22. The highest BCUT2D eigenvalue weighted by molar-refractivity contribution is 7.14. The zero-order valence-corrected chi connectivity index (χ0v) is 15.4. The van der Waals surface area contributed by atoms with Crippen LogP contribution in [0.1, 0.15) is 34.7 Å². The van der Waals surface area contributed by atoms with Gasteiger partial charge in [0.2, 0.25) is 5.91 Å². The van der Waals surface area contributed by atoms with E-state index in [9.17, 15) is 9.59 Å². The minimum Gasteiger partial charge on any atom is -0.459 e. The maximum atomic E-state index is 12.8. The molecular formula is C20H19N3O3S. The highest BCUT2D eigenvalue weighted by atomic mass is 32.1. The molecule has 7 heteroatoms. The molecule has 1 N–H and O–H groups in total. The quantitative estimate of drug-likeness (QED) is 0.677. The number of nitrogens with zero attached hydrogens (tertiary/aromatic N) is 2. The number of aromatic nitrogens is 1. The summed E-state index contributed by atoms with van der Waals surface area (Å²) < 4.78 is 5.06. The third-order valence-electron chi connectivity index (χ3n) is 4.35. The second kappa shape index (κ2) is 7.75. The largest absolute Gasteiger partial charge is 0.459 e. The first kappa shape index (κ1) is 17.5. The lowest BCUT2D eigenvalue weighted by atomic mass is 10.2. The van der Waals surface area contributed by atoms with Crippen molar-refractivity contribution in [3.63, 3.8) is 0 Å². The van der Waals surface area contributed by atoms with Gasteiger partial charge in [0.1, 0.15) is 0 Å². The first-order valence-electron chi connectivity index (χ1n) is 8.82. The third-order valence-corrected chi connectivity index (χ3v) is 5.16. The minimum absolute atomic E-state index is 0.0653. The van der Waals surface area contributed by atoms with Crippen LogP contribution in [0.15, 0.2) is 58.5 Å². The summed E-state index contributed by atoms with van der Waals surface area (Å²) in [6.45, 7) is 0.622. The van der Waals surface area contributed by atoms with E-state index in [1.807, 2.05) is 40.6 Å². The Morgan fingerprint density at radius 2 is 2.00 bits per heavy atom. The number of nitrogens with one attached hydrogen (secondary N) is 1. The smallest absolute Gasteiger partial charge is 0.293 e. The van der Waals surface area contributed by atoms with E-state index in [-0.39, 0.29) is 24.0 Å². The molecule has 2 aromatic heterocycles. The van der Waals surface area contributed by atoms with Crippen LogP contribution in [-0.2, 0) is 17.8 Å². The summed E-state index contributed by atoms with van der Waals surface area (Å²) in [4.78, 5) is 31.1. The monoisotopic (exact) mass is 381 g/mol. The van der Waals surface area contributed by atoms with Gasteiger partial charge in [0.15, 0.2) is 10.9 Å². The summed E-state index contributed by atoms with van der Waals surface area (Å²) >= 11 is 1.30. The van der Waals surface area contributed by atoms with Gasteiger partial charge in [-0.1, -0.05) is 30.3 Å². The number of thiazole rings is 1. The topological polar surface area (TPSA) is 75.4 Å². The first-order valence-corrected chi connectivity index (χ1v) is 9.69. The number of benzene rings is 1. The molecule has 1 fully saturated rings. The molecule has 1 aliphatic carbocycles. The van der Waals surface area contributed by atoms with Crippen LogP contribution in [0.3, 0.4) is 0 Å². The molecule has 0 aliphatic heterocycles. The van der Waals surface area contributed by atoms with E-state index in [0.717, 1.165) is 18.4 Å². The summed E-state index contributed by atoms with van der Waals surface area (Å²) in [7, 11) is 0. The predicted octanol–water partition coefficient (Wildman–Crippen LogP) is 3.72. The lowest BCUT2D eigenvalue weighted by Crippen LogP contribution is -2.33. The molecule has 0 bridgehead atoms. The number of carbonyl (C=O) groups excluding carboxylic acids is 2. The van der Waals surface area contributed by atoms with Gasteiger partial charge in [0, 0.05) is 18.0 Å². The fourth-order valence-electron chi connectivity index (χ4n) is 2.86. The van der Waals surface area contributed by atoms with Gasteiger partial charge >= 0.3 is 0 Å². The van der Waals surface area contributed by atoms with Gasteiger partial charge in [0.25, 0.3) is 5.91 Å². The van der Waals surface area contributed by atoms with Gasteiger partial charge in [-0.3, -0.25) is 14.9 Å². The maximum Gasteiger partial charge on any atom is 0.293 e. The normalized spacial score (nSPS) is 13.3. The van der Waals surface area contributed by atoms with Crippen molar-refractivity contribution < 1.29 is 14.0 Å². The van der Waals surface area contributed by atoms with Gasteiger partial charge in [-0.25, -0.2) is 4.98 Å². The zero-order chi connectivity index (χ0) is 18.6. The fourth-order valence-corrected chi connectivity index (χ4v) is 3.56. The Morgan fingerprint density at radius 3 is 2.70 bits per heavy atom. The predicted molar refractivity (Wildman–Crippen MR) is 102 cm³/mol. The Bertz CT molecular complexity index is 917. The van der Waals surface area contributed by atoms with Crippen LogP contribution >= 0.6 is 11.3 Å². The van der Waals surface area contributed by atoms with Crippen molar-refractivity contribution in [3.05, 3.63) is 71.1 Å². The van der Waals surface area contributed by atoms with Crippen molar-refractivity contribution in [1.82, 2.24) is 9.88 Å². The zero-order valence-electron chi connectivity index (χ0n) is 14.6. The Morgan fingerprint density at radius 1 is 1.19 bits per heavy atom. The number of anilines is 1. The van der Waals surface area contributed by atoms with E-state index in [0.29, 0.717) is 23.4 Å². The Labute approximate surface area is 160 Å². The molecule has 0 radical (unpaired) electrons. The molecule has 27 heavy (non-hydrogen) atoms. The molecular weight excluding hydrogens is 362 g/mol. The molecule has 6 nitrogen and oxygen atoms in total. The molecule has 0 spiro atoms. The summed E-state index contributed by atoms with van der Waals surface area (Å²) in [5.41, 5.74) is 1.79. The van der Waals surface area contributed by atoms with E-state index >= 15 is 0 Å². The van der Waals surface area contributed by atoms with E-state index in [1.165, 1.54) is 17.6 Å². The molecule has 3 aromatic rings. The number of hydrogen-bond donors (Lipinski definition) is 1. The lowest BCUT2D eigenvalue weighted by molar-refractivity contribution is -0.131. The Kier molecular flexibility index (Phi) is 5.02. The number of amides is 2. The molecule has 0 unspecified atom stereocenters. The highest BCUT2D eigenvalue weighted by Gasteiger charge is 2.32. The van der Waals surface area contributed by atoms with E-state index in [4.69, 9.17) is 4.42 Å². The van der Waals surface area contributed by atoms with Gasteiger partial charge in [-0.2, -0.15) is 0 Å². The second-order valence-electron chi connectivity index (χ2n) is 6.49. The first-order chi connectivity index (χ1) is 13.2. The fraction of sp³-hybridized carbons (Fsp3) is 0.250. The molecule has 138 valence electrons. The van der Waals surface area contributed by atoms with Crippen LogP contribution < -0.4 is 5.32 Å². The minimum atomic E-state index is -0.351. The van der Waals surface area contributed by atoms with Crippen molar-refractivity contribution in [1.29, 1.82) is 0 Å². The van der Waals surface area contributed by atoms with Crippen molar-refractivity contribution in [2.24, 2.45) is 0 Å². The average molecular weight is 381 g/mol. The molecule has 2 amide bonds. The summed E-state index contributed by atoms with van der Waals surface area (Å²) in [6.07, 6.45) is 3.79. The number of rotatable bonds is 7. The number of furan rings is 1. The molecule has 1 aliphatic rings. The van der Waals surface area contributed by atoms with Crippen molar-refractivity contribution in [2.75, 3.05) is 5.32 Å². The summed E-state index contributed by atoms with van der Waals surface area (Å²) in [5, 5.41) is 4.96. The van der Waals surface area contributed by atoms with Crippen molar-refractivity contribution in [2.45, 2.75) is 31.8 Å². The van der Waals surface area contributed by atoms with E-state index in [2.05, 4.69) is 10.3 Å². The Balaban J connectivity index is 1.38. The van der Waals surface area contributed by atoms with Crippen LogP contribution in [0, 0.1) is 0 Å². The number of carbonyl (C=O) groups is 2. The van der Waals surface area contributed by atoms with Crippen LogP contribution in [0.5, 0.6) is 0 Å². The maximum absolute atomic E-state index is 12.8. The Hall–Kier alpha value is -2.93. The van der Waals surface area contributed by atoms with Crippen LogP contribution in [0.2, 0.25) is 0 Å². The summed E-state index contributed by atoms with van der Waals surface area (Å²) in [6, 6.07) is 13.6. The van der Waals surface area contributed by atoms with Gasteiger partial charge in [-0.05, 0) is 30.5 Å². The summed E-state index contributed by atoms with van der Waals surface area (Å²) in [5.74, 6) is -0.0583. The molecule has 0 atom stereocenters. The van der Waals surface area contributed by atoms with Gasteiger partial charge in [-0.15, -0.1) is 11.3 Å². The van der Waals surface area contributed by atoms with Gasteiger partial charge < -0.3 is 9.32 Å². The average Bonchev–Trinajstić information content (AvgIpc) is 3.16. The van der Waals surface area contributed by atoms with Crippen LogP contribution in [-0.4, -0.2) is 27.7 Å². The molecule has 1 aromatic carbocycles. The van der Waals surface area contributed by atoms with Gasteiger partial charge in [0.05, 0.1) is 18.4 Å². The van der Waals surface area contributed by atoms with Crippen molar-refractivity contribution >= 4 is 28.3 Å². The molecule has 2 heterocycles. The molecule has 0 saturated heterocycles. The van der Waals surface area contributed by atoms with E-state index < -0.39 is 0 Å². The third kappa shape index (κ3) is 4.43. The van der Waals surface area contributed by atoms with Crippen LogP contribution in [0.4, 0.5) is 5.13 Å². The second-order valence-corrected chi connectivity index (χ2v) is 7.35. The highest BCUT2D eigenvalue weighted by Crippen LogP contribution is 2.29. The van der Waals surface area contributed by atoms with Crippen LogP contribution in [0.25, 0.3) is 0 Å².